The molecule has 1 aliphatic rings. The molecule has 1 aromatic carbocycles. The zero-order valence-electron chi connectivity index (χ0n) is 12.8. The van der Waals surface area contributed by atoms with Crippen LogP contribution in [0.2, 0.25) is 0 Å². The second-order valence-electron chi connectivity index (χ2n) is 5.57. The number of nitrogens with one attached hydrogen (secondary N) is 2. The number of likely N-dealkylation sites (tertiary alicyclic amines) is 1. The number of rotatable bonds is 4. The number of aliphatic hydroxyl groups is 1. The Hall–Kier alpha value is -1.59. The number of hydrogen-bond donors (Lipinski definition) is 3. The van der Waals surface area contributed by atoms with E-state index >= 15 is 0 Å². The molecule has 0 saturated carbocycles. The fourth-order valence-corrected chi connectivity index (χ4v) is 2.62. The Bertz CT molecular complexity index is 461. The van der Waals surface area contributed by atoms with E-state index in [1.165, 1.54) is 5.56 Å². The fraction of sp³-hybridized carbons (Fsp3) is 0.562. The maximum atomic E-state index is 12.1. The third kappa shape index (κ3) is 4.44. The lowest BCUT2D eigenvalue weighted by Crippen LogP contribution is -2.44. The third-order valence-corrected chi connectivity index (χ3v) is 3.86. The van der Waals surface area contributed by atoms with E-state index in [0.717, 1.165) is 25.1 Å². The van der Waals surface area contributed by atoms with Gasteiger partial charge in [-0.15, -0.1) is 0 Å². The summed E-state index contributed by atoms with van der Waals surface area (Å²) in [6.45, 7) is 6.25. The van der Waals surface area contributed by atoms with Crippen LogP contribution in [0.3, 0.4) is 0 Å². The van der Waals surface area contributed by atoms with E-state index in [-0.39, 0.29) is 6.03 Å². The van der Waals surface area contributed by atoms with Crippen LogP contribution in [-0.2, 0) is 0 Å². The van der Waals surface area contributed by atoms with Gasteiger partial charge < -0.3 is 20.6 Å². The monoisotopic (exact) mass is 291 g/mol. The van der Waals surface area contributed by atoms with E-state index in [4.69, 9.17) is 0 Å². The first-order valence-corrected chi connectivity index (χ1v) is 7.67. The number of piperidine rings is 1. The zero-order chi connectivity index (χ0) is 15.2. The van der Waals surface area contributed by atoms with Gasteiger partial charge in [0, 0.05) is 24.8 Å². The number of carbonyl (C=O) groups is 1. The average molecular weight is 291 g/mol. The molecule has 2 rings (SSSR count). The van der Waals surface area contributed by atoms with Gasteiger partial charge in [-0.3, -0.25) is 0 Å². The lowest BCUT2D eigenvalue weighted by Gasteiger charge is -2.30. The number of β-amino-alcohol motifs (C(OH)–C–C–N with tert-alkyl or cyclic N) is 1. The number of aliphatic hydroxyl groups excluding tert-OH is 1. The molecular weight excluding hydrogens is 266 g/mol. The molecule has 0 spiro atoms. The summed E-state index contributed by atoms with van der Waals surface area (Å²) in [6, 6.07) is 8.04. The van der Waals surface area contributed by atoms with Gasteiger partial charge in [-0.05, 0) is 44.0 Å². The van der Waals surface area contributed by atoms with Crippen molar-refractivity contribution in [3.8, 4) is 0 Å². The molecular formula is C16H25N3O2. The Balaban J connectivity index is 1.92. The molecule has 0 bridgehead atoms. The topological polar surface area (TPSA) is 64.6 Å². The summed E-state index contributed by atoms with van der Waals surface area (Å²) in [6.07, 6.45) is 1.24. The number of anilines is 1. The van der Waals surface area contributed by atoms with Gasteiger partial charge in [-0.2, -0.15) is 0 Å². The SMILES string of the molecule is CCNC(C)c1ccc(NC(=O)N2CCCC(O)C2)cc1. The molecule has 0 radical (unpaired) electrons. The molecule has 1 aliphatic heterocycles. The van der Waals surface area contributed by atoms with E-state index in [2.05, 4.69) is 24.5 Å². The highest BCUT2D eigenvalue weighted by atomic mass is 16.3. The minimum Gasteiger partial charge on any atom is -0.391 e. The molecule has 1 aromatic rings. The smallest absolute Gasteiger partial charge is 0.321 e. The minimum absolute atomic E-state index is 0.138. The molecule has 0 aromatic heterocycles. The molecule has 2 amide bonds. The molecule has 3 N–H and O–H groups in total. The first kappa shape index (κ1) is 15.8. The molecule has 2 atom stereocenters. The van der Waals surface area contributed by atoms with E-state index in [1.807, 2.05) is 24.3 Å². The Morgan fingerprint density at radius 1 is 1.43 bits per heavy atom. The summed E-state index contributed by atoms with van der Waals surface area (Å²) < 4.78 is 0. The van der Waals surface area contributed by atoms with Gasteiger partial charge >= 0.3 is 6.03 Å². The average Bonchev–Trinajstić information content (AvgIpc) is 2.48. The summed E-state index contributed by atoms with van der Waals surface area (Å²) in [5, 5.41) is 15.9. The summed E-state index contributed by atoms with van der Waals surface area (Å²) in [5.41, 5.74) is 1.98. The quantitative estimate of drug-likeness (QED) is 0.798. The van der Waals surface area contributed by atoms with Crippen molar-refractivity contribution in [2.24, 2.45) is 0 Å². The van der Waals surface area contributed by atoms with Gasteiger partial charge in [0.15, 0.2) is 0 Å². The number of nitrogens with zero attached hydrogens (tertiary/aromatic N) is 1. The Kier molecular flexibility index (Phi) is 5.59. The highest BCUT2D eigenvalue weighted by molar-refractivity contribution is 5.89. The van der Waals surface area contributed by atoms with Crippen molar-refractivity contribution in [3.05, 3.63) is 29.8 Å². The molecule has 5 nitrogen and oxygen atoms in total. The lowest BCUT2D eigenvalue weighted by molar-refractivity contribution is 0.0883. The predicted molar refractivity (Wildman–Crippen MR) is 84.4 cm³/mol. The summed E-state index contributed by atoms with van der Waals surface area (Å²) in [7, 11) is 0. The maximum absolute atomic E-state index is 12.1. The number of carbonyl (C=O) groups excluding carboxylic acids is 1. The van der Waals surface area contributed by atoms with Crippen LogP contribution >= 0.6 is 0 Å². The molecule has 5 heteroatoms. The largest absolute Gasteiger partial charge is 0.391 e. The third-order valence-electron chi connectivity index (χ3n) is 3.86. The van der Waals surface area contributed by atoms with Crippen LogP contribution in [0.5, 0.6) is 0 Å². The minimum atomic E-state index is -0.396. The highest BCUT2D eigenvalue weighted by Crippen LogP contribution is 2.17. The first-order valence-electron chi connectivity index (χ1n) is 7.67. The van der Waals surface area contributed by atoms with Crippen LogP contribution in [0, 0.1) is 0 Å². The standard InChI is InChI=1S/C16H25N3O2/c1-3-17-12(2)13-6-8-14(9-7-13)18-16(21)19-10-4-5-15(20)11-19/h6-9,12,15,17,20H,3-5,10-11H2,1-2H3,(H,18,21). The van der Waals surface area contributed by atoms with Gasteiger partial charge in [0.2, 0.25) is 0 Å². The van der Waals surface area contributed by atoms with Crippen molar-refractivity contribution in [1.82, 2.24) is 10.2 Å². The molecule has 1 heterocycles. The lowest BCUT2D eigenvalue weighted by atomic mass is 10.1. The van der Waals surface area contributed by atoms with Crippen molar-refractivity contribution in [2.75, 3.05) is 25.0 Å². The van der Waals surface area contributed by atoms with Crippen molar-refractivity contribution in [3.63, 3.8) is 0 Å². The zero-order valence-corrected chi connectivity index (χ0v) is 12.8. The Morgan fingerprint density at radius 3 is 2.76 bits per heavy atom. The predicted octanol–water partition coefficient (Wildman–Crippen LogP) is 2.35. The number of hydrogen-bond acceptors (Lipinski definition) is 3. The van der Waals surface area contributed by atoms with E-state index in [9.17, 15) is 9.90 Å². The van der Waals surface area contributed by atoms with Gasteiger partial charge in [0.05, 0.1) is 6.10 Å². The van der Waals surface area contributed by atoms with Gasteiger partial charge in [0.25, 0.3) is 0 Å². The normalized spacial score (nSPS) is 20.1. The summed E-state index contributed by atoms with van der Waals surface area (Å²) in [5.74, 6) is 0. The van der Waals surface area contributed by atoms with Crippen molar-refractivity contribution < 1.29 is 9.90 Å². The molecule has 1 saturated heterocycles. The van der Waals surface area contributed by atoms with E-state index < -0.39 is 6.10 Å². The van der Waals surface area contributed by atoms with Gasteiger partial charge in [-0.25, -0.2) is 4.79 Å². The van der Waals surface area contributed by atoms with Crippen molar-refractivity contribution in [1.29, 1.82) is 0 Å². The Morgan fingerprint density at radius 2 is 2.14 bits per heavy atom. The fourth-order valence-electron chi connectivity index (χ4n) is 2.62. The molecule has 21 heavy (non-hydrogen) atoms. The molecule has 2 unspecified atom stereocenters. The maximum Gasteiger partial charge on any atom is 0.321 e. The molecule has 1 fully saturated rings. The first-order chi connectivity index (χ1) is 10.1. The summed E-state index contributed by atoms with van der Waals surface area (Å²) >= 11 is 0. The molecule has 116 valence electrons. The van der Waals surface area contributed by atoms with Crippen LogP contribution in [0.4, 0.5) is 10.5 Å². The van der Waals surface area contributed by atoms with Crippen LogP contribution in [0.15, 0.2) is 24.3 Å². The van der Waals surface area contributed by atoms with Crippen molar-refractivity contribution in [2.45, 2.75) is 38.8 Å². The van der Waals surface area contributed by atoms with Gasteiger partial charge in [0.1, 0.15) is 0 Å². The van der Waals surface area contributed by atoms with Gasteiger partial charge in [-0.1, -0.05) is 19.1 Å². The van der Waals surface area contributed by atoms with Crippen LogP contribution < -0.4 is 10.6 Å². The molecule has 0 aliphatic carbocycles. The Labute approximate surface area is 126 Å². The van der Waals surface area contributed by atoms with Crippen LogP contribution in [0.25, 0.3) is 0 Å². The van der Waals surface area contributed by atoms with Crippen LogP contribution in [-0.4, -0.2) is 41.8 Å². The van der Waals surface area contributed by atoms with E-state index in [0.29, 0.717) is 19.1 Å². The second kappa shape index (κ2) is 7.43. The summed E-state index contributed by atoms with van der Waals surface area (Å²) in [4.78, 5) is 13.8. The number of amides is 2. The van der Waals surface area contributed by atoms with Crippen LogP contribution in [0.1, 0.15) is 38.3 Å². The van der Waals surface area contributed by atoms with E-state index in [1.54, 1.807) is 4.90 Å². The van der Waals surface area contributed by atoms with Crippen molar-refractivity contribution >= 4 is 11.7 Å². The highest BCUT2D eigenvalue weighted by Gasteiger charge is 2.21. The number of benzene rings is 1. The second-order valence-corrected chi connectivity index (χ2v) is 5.57. The number of urea groups is 1.